The SMILES string of the molecule is CCCNC(=O)[C@@H](C)Oc1ccc2c(c1)[C@H](c1cccc(F)c1)N(C(=O)C(C)(C)C)CC2. The summed E-state index contributed by atoms with van der Waals surface area (Å²) in [6, 6.07) is 11.7. The van der Waals surface area contributed by atoms with Crippen LogP contribution in [0.5, 0.6) is 5.75 Å². The second-order valence-corrected chi connectivity index (χ2v) is 9.37. The molecule has 6 heteroatoms. The highest BCUT2D eigenvalue weighted by molar-refractivity contribution is 5.83. The number of carbonyl (C=O) groups is 2. The molecule has 1 aliphatic rings. The summed E-state index contributed by atoms with van der Waals surface area (Å²) in [4.78, 5) is 27.4. The lowest BCUT2D eigenvalue weighted by Crippen LogP contribution is -2.45. The molecule has 0 unspecified atom stereocenters. The summed E-state index contributed by atoms with van der Waals surface area (Å²) in [5.41, 5.74) is 2.14. The van der Waals surface area contributed by atoms with Crippen LogP contribution in [0.1, 0.15) is 63.8 Å². The topological polar surface area (TPSA) is 58.6 Å². The Hall–Kier alpha value is -2.89. The van der Waals surface area contributed by atoms with Crippen molar-refractivity contribution >= 4 is 11.8 Å². The summed E-state index contributed by atoms with van der Waals surface area (Å²) in [5, 5.41) is 2.84. The minimum absolute atomic E-state index is 0.0102. The van der Waals surface area contributed by atoms with Crippen LogP contribution in [0.15, 0.2) is 42.5 Å². The highest BCUT2D eigenvalue weighted by Gasteiger charge is 2.37. The highest BCUT2D eigenvalue weighted by atomic mass is 19.1. The van der Waals surface area contributed by atoms with Crippen molar-refractivity contribution in [3.05, 3.63) is 65.0 Å². The number of ether oxygens (including phenoxy) is 1. The Morgan fingerprint density at radius 2 is 1.97 bits per heavy atom. The van der Waals surface area contributed by atoms with E-state index in [0.29, 0.717) is 25.3 Å². The minimum Gasteiger partial charge on any atom is -0.481 e. The molecule has 2 atom stereocenters. The Balaban J connectivity index is 1.99. The van der Waals surface area contributed by atoms with Gasteiger partial charge < -0.3 is 15.0 Å². The number of hydrogen-bond acceptors (Lipinski definition) is 3. The Kier molecular flexibility index (Phi) is 7.22. The van der Waals surface area contributed by atoms with E-state index in [1.165, 1.54) is 12.1 Å². The second-order valence-electron chi connectivity index (χ2n) is 9.37. The van der Waals surface area contributed by atoms with Gasteiger partial charge in [-0.25, -0.2) is 4.39 Å². The fourth-order valence-corrected chi connectivity index (χ4v) is 4.00. The van der Waals surface area contributed by atoms with Gasteiger partial charge in [0, 0.05) is 18.5 Å². The third-order valence-electron chi connectivity index (χ3n) is 5.64. The first-order valence-electron chi connectivity index (χ1n) is 11.3. The Labute approximate surface area is 190 Å². The molecule has 0 aromatic heterocycles. The van der Waals surface area contributed by atoms with Gasteiger partial charge in [0.2, 0.25) is 5.91 Å². The third-order valence-corrected chi connectivity index (χ3v) is 5.64. The smallest absolute Gasteiger partial charge is 0.260 e. The van der Waals surface area contributed by atoms with E-state index in [4.69, 9.17) is 4.74 Å². The quantitative estimate of drug-likeness (QED) is 0.712. The zero-order chi connectivity index (χ0) is 23.5. The van der Waals surface area contributed by atoms with Crippen LogP contribution in [0.4, 0.5) is 4.39 Å². The van der Waals surface area contributed by atoms with Gasteiger partial charge in [0.05, 0.1) is 6.04 Å². The van der Waals surface area contributed by atoms with Crippen LogP contribution in [-0.2, 0) is 16.0 Å². The van der Waals surface area contributed by atoms with E-state index in [-0.39, 0.29) is 17.6 Å². The first kappa shape index (κ1) is 23.8. The van der Waals surface area contributed by atoms with E-state index < -0.39 is 17.6 Å². The van der Waals surface area contributed by atoms with Crippen LogP contribution in [0, 0.1) is 11.2 Å². The van der Waals surface area contributed by atoms with Gasteiger partial charge in [0.25, 0.3) is 5.91 Å². The number of rotatable bonds is 6. The molecule has 2 aromatic rings. The van der Waals surface area contributed by atoms with Crippen LogP contribution in [0.3, 0.4) is 0 Å². The summed E-state index contributed by atoms with van der Waals surface area (Å²) in [7, 11) is 0. The van der Waals surface area contributed by atoms with E-state index in [2.05, 4.69) is 5.32 Å². The molecule has 0 saturated carbocycles. The minimum atomic E-state index is -0.650. The first-order chi connectivity index (χ1) is 15.1. The first-order valence-corrected chi connectivity index (χ1v) is 11.3. The lowest BCUT2D eigenvalue weighted by Gasteiger charge is -2.41. The maximum absolute atomic E-state index is 14.1. The maximum atomic E-state index is 14.1. The third kappa shape index (κ3) is 5.29. The van der Waals surface area contributed by atoms with Crippen LogP contribution in [0.2, 0.25) is 0 Å². The van der Waals surface area contributed by atoms with Crippen molar-refractivity contribution < 1.29 is 18.7 Å². The fourth-order valence-electron chi connectivity index (χ4n) is 4.00. The molecular formula is C26H33FN2O3. The zero-order valence-electron chi connectivity index (χ0n) is 19.6. The molecule has 3 rings (SSSR count). The normalized spacial score (nSPS) is 16.8. The molecule has 2 amide bonds. The van der Waals surface area contributed by atoms with Crippen LogP contribution < -0.4 is 10.1 Å². The number of amides is 2. The van der Waals surface area contributed by atoms with E-state index >= 15 is 0 Å². The average molecular weight is 441 g/mol. The predicted molar refractivity (Wildman–Crippen MR) is 123 cm³/mol. The van der Waals surface area contributed by atoms with Crippen LogP contribution in [0.25, 0.3) is 0 Å². The Morgan fingerprint density at radius 1 is 1.22 bits per heavy atom. The molecule has 1 N–H and O–H groups in total. The molecule has 5 nitrogen and oxygen atoms in total. The van der Waals surface area contributed by atoms with Crippen molar-refractivity contribution in [3.8, 4) is 5.75 Å². The Bertz CT molecular complexity index is 983. The number of nitrogens with one attached hydrogen (secondary N) is 1. The summed E-state index contributed by atoms with van der Waals surface area (Å²) in [6.45, 7) is 10.5. The van der Waals surface area contributed by atoms with E-state index in [1.807, 2.05) is 56.9 Å². The molecule has 0 fully saturated rings. The summed E-state index contributed by atoms with van der Waals surface area (Å²) in [5.74, 6) is 0.0487. The van der Waals surface area contributed by atoms with Gasteiger partial charge >= 0.3 is 0 Å². The number of hydrogen-bond donors (Lipinski definition) is 1. The molecule has 0 spiro atoms. The standard InChI is InChI=1S/C26H33FN2O3/c1-6-13-28-24(30)17(2)32-21-11-10-18-12-14-29(25(31)26(3,4)5)23(22(18)16-21)19-8-7-9-20(27)15-19/h7-11,15-17,23H,6,12-14H2,1-5H3,(H,28,30)/t17-,23+/m1/s1. The van der Waals surface area contributed by atoms with Gasteiger partial charge in [-0.1, -0.05) is 45.9 Å². The van der Waals surface area contributed by atoms with Crippen molar-refractivity contribution in [2.75, 3.05) is 13.1 Å². The van der Waals surface area contributed by atoms with Gasteiger partial charge in [-0.15, -0.1) is 0 Å². The molecule has 0 radical (unpaired) electrons. The van der Waals surface area contributed by atoms with E-state index in [9.17, 15) is 14.0 Å². The second kappa shape index (κ2) is 9.72. The highest BCUT2D eigenvalue weighted by Crippen LogP contribution is 2.39. The van der Waals surface area contributed by atoms with Gasteiger partial charge in [-0.2, -0.15) is 0 Å². The number of fused-ring (bicyclic) bond motifs is 1. The largest absolute Gasteiger partial charge is 0.481 e. The van der Waals surface area contributed by atoms with Crippen molar-refractivity contribution in [2.45, 2.75) is 59.6 Å². The van der Waals surface area contributed by atoms with Crippen LogP contribution in [-0.4, -0.2) is 35.9 Å². The summed E-state index contributed by atoms with van der Waals surface area (Å²) in [6.07, 6.45) is 0.906. The van der Waals surface area contributed by atoms with Crippen molar-refractivity contribution in [2.24, 2.45) is 5.41 Å². The molecule has 32 heavy (non-hydrogen) atoms. The van der Waals surface area contributed by atoms with Crippen molar-refractivity contribution in [1.82, 2.24) is 10.2 Å². The van der Waals surface area contributed by atoms with Crippen molar-refractivity contribution in [1.29, 1.82) is 0 Å². The molecule has 0 saturated heterocycles. The van der Waals surface area contributed by atoms with Gasteiger partial charge in [-0.3, -0.25) is 9.59 Å². The van der Waals surface area contributed by atoms with Gasteiger partial charge in [0.15, 0.2) is 6.10 Å². The zero-order valence-corrected chi connectivity index (χ0v) is 19.6. The van der Waals surface area contributed by atoms with E-state index in [0.717, 1.165) is 23.1 Å². The molecule has 1 aliphatic heterocycles. The molecular weight excluding hydrogens is 407 g/mol. The van der Waals surface area contributed by atoms with E-state index in [1.54, 1.807) is 13.0 Å². The van der Waals surface area contributed by atoms with Crippen LogP contribution >= 0.6 is 0 Å². The monoisotopic (exact) mass is 440 g/mol. The van der Waals surface area contributed by atoms with Gasteiger partial charge in [-0.05, 0) is 60.7 Å². The molecule has 2 aromatic carbocycles. The number of benzene rings is 2. The Morgan fingerprint density at radius 3 is 2.62 bits per heavy atom. The fraction of sp³-hybridized carbons (Fsp3) is 0.462. The number of carbonyl (C=O) groups excluding carboxylic acids is 2. The molecule has 0 bridgehead atoms. The van der Waals surface area contributed by atoms with Crippen molar-refractivity contribution in [3.63, 3.8) is 0 Å². The summed E-state index contributed by atoms with van der Waals surface area (Å²) >= 11 is 0. The molecule has 172 valence electrons. The molecule has 1 heterocycles. The average Bonchev–Trinajstić information content (AvgIpc) is 2.75. The summed E-state index contributed by atoms with van der Waals surface area (Å²) < 4.78 is 20.1. The maximum Gasteiger partial charge on any atom is 0.260 e. The molecule has 0 aliphatic carbocycles. The number of nitrogens with zero attached hydrogens (tertiary/aromatic N) is 1. The van der Waals surface area contributed by atoms with Gasteiger partial charge in [0.1, 0.15) is 11.6 Å². The lowest BCUT2D eigenvalue weighted by molar-refractivity contribution is -0.141. The predicted octanol–water partition coefficient (Wildman–Crippen LogP) is 4.64. The number of halogens is 1. The lowest BCUT2D eigenvalue weighted by atomic mass is 9.85.